The van der Waals surface area contributed by atoms with E-state index in [4.69, 9.17) is 0 Å². The predicted molar refractivity (Wildman–Crippen MR) is 78.0 cm³/mol. The van der Waals surface area contributed by atoms with Crippen molar-refractivity contribution in [3.63, 3.8) is 0 Å². The minimum absolute atomic E-state index is 0.779. The van der Waals surface area contributed by atoms with Gasteiger partial charge in [-0.05, 0) is 58.9 Å². The summed E-state index contributed by atoms with van der Waals surface area (Å²) in [5, 5.41) is 0. The molecule has 0 N–H and O–H groups in total. The lowest BCUT2D eigenvalue weighted by Crippen LogP contribution is -2.58. The van der Waals surface area contributed by atoms with E-state index in [1.165, 1.54) is 52.0 Å². The van der Waals surface area contributed by atoms with Crippen molar-refractivity contribution in [1.82, 2.24) is 14.7 Å². The Labute approximate surface area is 113 Å². The molecule has 0 bridgehead atoms. The summed E-state index contributed by atoms with van der Waals surface area (Å²) >= 11 is 0. The molecule has 2 aliphatic rings. The van der Waals surface area contributed by atoms with Crippen LogP contribution in [0.5, 0.6) is 0 Å². The standard InChI is InChI=1S/C15H31N3/c1-13(2)15-12-17-9-5-7-14(17)11-18(15)10-6-8-16(3)4/h13-15H,5-12H2,1-4H3. The minimum Gasteiger partial charge on any atom is -0.309 e. The highest BCUT2D eigenvalue weighted by atomic mass is 15.3. The second-order valence-electron chi connectivity index (χ2n) is 6.75. The molecule has 2 atom stereocenters. The third-order valence-electron chi connectivity index (χ3n) is 4.66. The van der Waals surface area contributed by atoms with Gasteiger partial charge in [-0.25, -0.2) is 0 Å². The number of nitrogens with zero attached hydrogens (tertiary/aromatic N) is 3. The van der Waals surface area contributed by atoms with Crippen LogP contribution in [0.4, 0.5) is 0 Å². The maximum atomic E-state index is 2.78. The average molecular weight is 253 g/mol. The largest absolute Gasteiger partial charge is 0.309 e. The lowest BCUT2D eigenvalue weighted by Gasteiger charge is -2.45. The summed E-state index contributed by atoms with van der Waals surface area (Å²) in [6.45, 7) is 11.3. The first kappa shape index (κ1) is 14.3. The van der Waals surface area contributed by atoms with Crippen molar-refractivity contribution in [3.05, 3.63) is 0 Å². The third-order valence-corrected chi connectivity index (χ3v) is 4.66. The summed E-state index contributed by atoms with van der Waals surface area (Å²) in [7, 11) is 4.35. The number of piperazine rings is 1. The maximum absolute atomic E-state index is 2.78. The molecule has 2 fully saturated rings. The van der Waals surface area contributed by atoms with Crippen LogP contribution in [0.25, 0.3) is 0 Å². The fraction of sp³-hybridized carbons (Fsp3) is 1.00. The highest BCUT2D eigenvalue weighted by Gasteiger charge is 2.36. The van der Waals surface area contributed by atoms with Gasteiger partial charge < -0.3 is 4.90 Å². The molecule has 2 heterocycles. The molecule has 0 aromatic heterocycles. The topological polar surface area (TPSA) is 9.72 Å². The second-order valence-corrected chi connectivity index (χ2v) is 6.75. The molecular weight excluding hydrogens is 222 g/mol. The number of hydrogen-bond acceptors (Lipinski definition) is 3. The molecule has 0 aliphatic carbocycles. The van der Waals surface area contributed by atoms with Crippen molar-refractivity contribution in [3.8, 4) is 0 Å². The average Bonchev–Trinajstić information content (AvgIpc) is 2.74. The van der Waals surface area contributed by atoms with Crippen LogP contribution in [-0.4, -0.2) is 73.6 Å². The smallest absolute Gasteiger partial charge is 0.0246 e. The van der Waals surface area contributed by atoms with Gasteiger partial charge in [0, 0.05) is 25.2 Å². The summed E-state index contributed by atoms with van der Waals surface area (Å²) in [5.41, 5.74) is 0. The molecule has 0 amide bonds. The lowest BCUT2D eigenvalue weighted by atomic mass is 9.97. The van der Waals surface area contributed by atoms with Gasteiger partial charge in [-0.15, -0.1) is 0 Å². The summed E-state index contributed by atoms with van der Waals surface area (Å²) in [6, 6.07) is 1.64. The Morgan fingerprint density at radius 2 is 2.00 bits per heavy atom. The van der Waals surface area contributed by atoms with E-state index >= 15 is 0 Å². The summed E-state index contributed by atoms with van der Waals surface area (Å²) < 4.78 is 0. The lowest BCUT2D eigenvalue weighted by molar-refractivity contribution is 0.0277. The van der Waals surface area contributed by atoms with Crippen molar-refractivity contribution in [1.29, 1.82) is 0 Å². The van der Waals surface area contributed by atoms with Crippen molar-refractivity contribution in [2.24, 2.45) is 5.92 Å². The summed E-state index contributed by atoms with van der Waals surface area (Å²) in [6.07, 6.45) is 4.15. The highest BCUT2D eigenvalue weighted by molar-refractivity contribution is 4.93. The van der Waals surface area contributed by atoms with Gasteiger partial charge in [0.2, 0.25) is 0 Å². The molecule has 3 nitrogen and oxygen atoms in total. The number of rotatable bonds is 5. The van der Waals surface area contributed by atoms with E-state index in [1.54, 1.807) is 0 Å². The van der Waals surface area contributed by atoms with Gasteiger partial charge in [-0.1, -0.05) is 13.8 Å². The van der Waals surface area contributed by atoms with Crippen LogP contribution in [0.1, 0.15) is 33.1 Å². The first-order valence-corrected chi connectivity index (χ1v) is 7.70. The number of fused-ring (bicyclic) bond motifs is 1. The third kappa shape index (κ3) is 3.46. The van der Waals surface area contributed by atoms with Gasteiger partial charge in [0.15, 0.2) is 0 Å². The first-order chi connectivity index (χ1) is 8.58. The fourth-order valence-corrected chi connectivity index (χ4v) is 3.58. The van der Waals surface area contributed by atoms with E-state index < -0.39 is 0 Å². The molecule has 3 heteroatoms. The van der Waals surface area contributed by atoms with Gasteiger partial charge in [0.25, 0.3) is 0 Å². The molecule has 106 valence electrons. The molecule has 18 heavy (non-hydrogen) atoms. The van der Waals surface area contributed by atoms with Gasteiger partial charge in [-0.3, -0.25) is 9.80 Å². The number of hydrogen-bond donors (Lipinski definition) is 0. The van der Waals surface area contributed by atoms with Crippen LogP contribution in [-0.2, 0) is 0 Å². The molecule has 0 aromatic rings. The quantitative estimate of drug-likeness (QED) is 0.739. The molecule has 0 spiro atoms. The Morgan fingerprint density at radius 3 is 2.67 bits per heavy atom. The van der Waals surface area contributed by atoms with E-state index in [9.17, 15) is 0 Å². The Hall–Kier alpha value is -0.120. The normalized spacial score (nSPS) is 30.3. The summed E-state index contributed by atoms with van der Waals surface area (Å²) in [4.78, 5) is 7.82. The van der Waals surface area contributed by atoms with Gasteiger partial charge in [-0.2, -0.15) is 0 Å². The fourth-order valence-electron chi connectivity index (χ4n) is 3.58. The Bertz CT molecular complexity index is 252. The van der Waals surface area contributed by atoms with Crippen LogP contribution in [0.2, 0.25) is 0 Å². The van der Waals surface area contributed by atoms with Crippen molar-refractivity contribution >= 4 is 0 Å². The molecule has 0 aromatic carbocycles. The van der Waals surface area contributed by atoms with E-state index in [-0.39, 0.29) is 0 Å². The maximum Gasteiger partial charge on any atom is 0.0246 e. The molecule has 0 saturated carbocycles. The van der Waals surface area contributed by atoms with Crippen molar-refractivity contribution < 1.29 is 0 Å². The van der Waals surface area contributed by atoms with E-state index in [0.29, 0.717) is 0 Å². The van der Waals surface area contributed by atoms with Crippen molar-refractivity contribution in [2.75, 3.05) is 46.8 Å². The minimum atomic E-state index is 0.779. The van der Waals surface area contributed by atoms with Gasteiger partial charge in [0.05, 0.1) is 0 Å². The first-order valence-electron chi connectivity index (χ1n) is 7.70. The zero-order chi connectivity index (χ0) is 13.1. The summed E-state index contributed by atoms with van der Waals surface area (Å²) in [5.74, 6) is 0.783. The Kier molecular flexibility index (Phi) is 5.05. The molecule has 0 radical (unpaired) electrons. The van der Waals surface area contributed by atoms with Gasteiger partial charge in [0.1, 0.15) is 0 Å². The monoisotopic (exact) mass is 253 g/mol. The zero-order valence-corrected chi connectivity index (χ0v) is 12.7. The van der Waals surface area contributed by atoms with Crippen LogP contribution in [0.3, 0.4) is 0 Å². The molecule has 2 rings (SSSR count). The van der Waals surface area contributed by atoms with Gasteiger partial charge >= 0.3 is 0 Å². The van der Waals surface area contributed by atoms with Crippen LogP contribution in [0.15, 0.2) is 0 Å². The molecule has 2 aliphatic heterocycles. The predicted octanol–water partition coefficient (Wildman–Crippen LogP) is 1.74. The van der Waals surface area contributed by atoms with Crippen molar-refractivity contribution in [2.45, 2.75) is 45.2 Å². The zero-order valence-electron chi connectivity index (χ0n) is 12.7. The van der Waals surface area contributed by atoms with Crippen LogP contribution >= 0.6 is 0 Å². The SMILES string of the molecule is CC(C)C1CN2CCCC2CN1CCCN(C)C. The highest BCUT2D eigenvalue weighted by Crippen LogP contribution is 2.27. The van der Waals surface area contributed by atoms with E-state index in [0.717, 1.165) is 18.0 Å². The second kappa shape index (κ2) is 6.36. The van der Waals surface area contributed by atoms with E-state index in [1.807, 2.05) is 0 Å². The van der Waals surface area contributed by atoms with E-state index in [2.05, 4.69) is 42.6 Å². The Morgan fingerprint density at radius 1 is 1.22 bits per heavy atom. The molecule has 2 saturated heterocycles. The van der Waals surface area contributed by atoms with Crippen LogP contribution < -0.4 is 0 Å². The van der Waals surface area contributed by atoms with Crippen LogP contribution in [0, 0.1) is 5.92 Å². The molecular formula is C15H31N3. The Balaban J connectivity index is 1.88. The molecule has 2 unspecified atom stereocenters.